The molecular weight excluding hydrogens is 236 g/mol. The molecule has 2 aliphatic rings. The van der Waals surface area contributed by atoms with Gasteiger partial charge in [0.1, 0.15) is 5.75 Å². The number of hydrogen-bond acceptors (Lipinski definition) is 3. The molecule has 3 nitrogen and oxygen atoms in total. The maximum absolute atomic E-state index is 5.32. The lowest BCUT2D eigenvalue weighted by molar-refractivity contribution is 0.109. The molecule has 0 atom stereocenters. The van der Waals surface area contributed by atoms with Gasteiger partial charge >= 0.3 is 0 Å². The van der Waals surface area contributed by atoms with Gasteiger partial charge in [0.25, 0.3) is 0 Å². The molecule has 19 heavy (non-hydrogen) atoms. The monoisotopic (exact) mass is 260 g/mol. The molecule has 0 unspecified atom stereocenters. The van der Waals surface area contributed by atoms with Gasteiger partial charge in [0.15, 0.2) is 0 Å². The van der Waals surface area contributed by atoms with E-state index in [-0.39, 0.29) is 0 Å². The van der Waals surface area contributed by atoms with Crippen LogP contribution in [0.3, 0.4) is 0 Å². The second kappa shape index (κ2) is 5.51. The van der Waals surface area contributed by atoms with Crippen LogP contribution in [-0.4, -0.2) is 49.6 Å². The van der Waals surface area contributed by atoms with Crippen LogP contribution in [0.5, 0.6) is 5.75 Å². The van der Waals surface area contributed by atoms with Crippen molar-refractivity contribution in [2.45, 2.75) is 31.8 Å². The van der Waals surface area contributed by atoms with Crippen LogP contribution in [0.1, 0.15) is 24.0 Å². The number of benzene rings is 1. The second-order valence-corrected chi connectivity index (χ2v) is 5.89. The third-order valence-corrected chi connectivity index (χ3v) is 4.66. The zero-order valence-electron chi connectivity index (χ0n) is 12.1. The van der Waals surface area contributed by atoms with Gasteiger partial charge in [0.2, 0.25) is 0 Å². The Balaban J connectivity index is 1.68. The molecule has 1 fully saturated rings. The topological polar surface area (TPSA) is 15.7 Å². The fourth-order valence-electron chi connectivity index (χ4n) is 3.35. The van der Waals surface area contributed by atoms with E-state index in [1.165, 1.54) is 50.0 Å². The third-order valence-electron chi connectivity index (χ3n) is 4.66. The zero-order chi connectivity index (χ0) is 13.2. The summed E-state index contributed by atoms with van der Waals surface area (Å²) in [7, 11) is 3.98. The van der Waals surface area contributed by atoms with Crippen LogP contribution in [0.2, 0.25) is 0 Å². The number of piperidine rings is 1. The Kier molecular flexibility index (Phi) is 3.76. The summed E-state index contributed by atoms with van der Waals surface area (Å²) in [5.41, 5.74) is 2.97. The Labute approximate surface area is 116 Å². The van der Waals surface area contributed by atoms with E-state index in [0.717, 1.165) is 18.3 Å². The molecule has 0 spiro atoms. The number of fused-ring (bicyclic) bond motifs is 1. The van der Waals surface area contributed by atoms with E-state index >= 15 is 0 Å². The molecule has 3 rings (SSSR count). The highest BCUT2D eigenvalue weighted by Crippen LogP contribution is 2.27. The molecule has 0 amide bonds. The summed E-state index contributed by atoms with van der Waals surface area (Å²) in [6.07, 6.45) is 3.81. The van der Waals surface area contributed by atoms with Crippen LogP contribution in [0.15, 0.2) is 18.2 Å². The SMILES string of the molecule is COc1ccc2c(c1)CCN(C1CCN(C)CC1)C2. The number of nitrogens with zero attached hydrogens (tertiary/aromatic N) is 2. The maximum atomic E-state index is 5.32. The number of methoxy groups -OCH3 is 1. The van der Waals surface area contributed by atoms with E-state index in [1.54, 1.807) is 7.11 Å². The van der Waals surface area contributed by atoms with Gasteiger partial charge in [-0.2, -0.15) is 0 Å². The summed E-state index contributed by atoms with van der Waals surface area (Å²) in [6, 6.07) is 7.33. The van der Waals surface area contributed by atoms with E-state index in [1.807, 2.05) is 0 Å². The smallest absolute Gasteiger partial charge is 0.119 e. The minimum absolute atomic E-state index is 0.784. The summed E-state index contributed by atoms with van der Waals surface area (Å²) < 4.78 is 5.32. The summed E-state index contributed by atoms with van der Waals surface area (Å²) in [5, 5.41) is 0. The molecule has 1 saturated heterocycles. The van der Waals surface area contributed by atoms with Crippen molar-refractivity contribution < 1.29 is 4.74 Å². The molecular formula is C16H24N2O. The second-order valence-electron chi connectivity index (χ2n) is 5.89. The largest absolute Gasteiger partial charge is 0.497 e. The van der Waals surface area contributed by atoms with Crippen LogP contribution in [0.25, 0.3) is 0 Å². The molecule has 0 bridgehead atoms. The molecule has 0 radical (unpaired) electrons. The van der Waals surface area contributed by atoms with Gasteiger partial charge in [0.05, 0.1) is 7.11 Å². The fraction of sp³-hybridized carbons (Fsp3) is 0.625. The predicted molar refractivity (Wildman–Crippen MR) is 77.6 cm³/mol. The van der Waals surface area contributed by atoms with E-state index in [9.17, 15) is 0 Å². The Morgan fingerprint density at radius 1 is 1.11 bits per heavy atom. The molecule has 0 N–H and O–H groups in total. The number of ether oxygens (including phenoxy) is 1. The van der Waals surface area contributed by atoms with Crippen molar-refractivity contribution in [1.82, 2.24) is 9.80 Å². The van der Waals surface area contributed by atoms with Gasteiger partial charge in [-0.05, 0) is 62.7 Å². The normalized spacial score (nSPS) is 22.2. The average Bonchev–Trinajstić information content (AvgIpc) is 2.47. The number of hydrogen-bond donors (Lipinski definition) is 0. The summed E-state index contributed by atoms with van der Waals surface area (Å²) in [6.45, 7) is 4.82. The minimum Gasteiger partial charge on any atom is -0.497 e. The van der Waals surface area contributed by atoms with E-state index in [0.29, 0.717) is 0 Å². The molecule has 2 aliphatic heterocycles. The molecule has 0 aliphatic carbocycles. The molecule has 0 saturated carbocycles. The van der Waals surface area contributed by atoms with E-state index < -0.39 is 0 Å². The summed E-state index contributed by atoms with van der Waals surface area (Å²) >= 11 is 0. The first-order valence-electron chi connectivity index (χ1n) is 7.34. The lowest BCUT2D eigenvalue weighted by atomic mass is 9.95. The standard InChI is InChI=1S/C16H24N2O/c1-17-8-6-15(7-9-17)18-10-5-13-11-16(19-2)4-3-14(13)12-18/h3-4,11,15H,5-10,12H2,1-2H3. The van der Waals surface area contributed by atoms with Gasteiger partial charge < -0.3 is 9.64 Å². The first-order chi connectivity index (χ1) is 9.26. The van der Waals surface area contributed by atoms with E-state index in [4.69, 9.17) is 4.74 Å². The average molecular weight is 260 g/mol. The van der Waals surface area contributed by atoms with Crippen LogP contribution >= 0.6 is 0 Å². The zero-order valence-corrected chi connectivity index (χ0v) is 12.1. The molecule has 0 aromatic heterocycles. The van der Waals surface area contributed by atoms with Crippen molar-refractivity contribution >= 4 is 0 Å². The molecule has 104 valence electrons. The van der Waals surface area contributed by atoms with Crippen molar-refractivity contribution in [2.75, 3.05) is 33.8 Å². The Morgan fingerprint density at radius 3 is 2.63 bits per heavy atom. The lowest BCUT2D eigenvalue weighted by Crippen LogP contribution is -2.45. The van der Waals surface area contributed by atoms with Crippen LogP contribution < -0.4 is 4.74 Å². The van der Waals surface area contributed by atoms with Crippen molar-refractivity contribution in [3.8, 4) is 5.75 Å². The highest BCUT2D eigenvalue weighted by molar-refractivity contribution is 5.37. The van der Waals surface area contributed by atoms with Gasteiger partial charge in [-0.15, -0.1) is 0 Å². The highest BCUT2D eigenvalue weighted by atomic mass is 16.5. The van der Waals surface area contributed by atoms with Gasteiger partial charge in [-0.25, -0.2) is 0 Å². The number of rotatable bonds is 2. The van der Waals surface area contributed by atoms with Crippen molar-refractivity contribution in [3.05, 3.63) is 29.3 Å². The Bertz CT molecular complexity index is 438. The first-order valence-corrected chi connectivity index (χ1v) is 7.34. The van der Waals surface area contributed by atoms with Gasteiger partial charge in [0, 0.05) is 19.1 Å². The minimum atomic E-state index is 0.784. The fourth-order valence-corrected chi connectivity index (χ4v) is 3.35. The highest BCUT2D eigenvalue weighted by Gasteiger charge is 2.26. The van der Waals surface area contributed by atoms with Crippen molar-refractivity contribution in [1.29, 1.82) is 0 Å². The predicted octanol–water partition coefficient (Wildman–Crippen LogP) is 2.15. The molecule has 3 heteroatoms. The quantitative estimate of drug-likeness (QED) is 0.810. The summed E-state index contributed by atoms with van der Waals surface area (Å²) in [4.78, 5) is 5.13. The Morgan fingerprint density at radius 2 is 1.89 bits per heavy atom. The Hall–Kier alpha value is -1.06. The van der Waals surface area contributed by atoms with E-state index in [2.05, 4.69) is 35.0 Å². The van der Waals surface area contributed by atoms with Crippen molar-refractivity contribution in [2.24, 2.45) is 0 Å². The number of likely N-dealkylation sites (tertiary alicyclic amines) is 1. The van der Waals surface area contributed by atoms with Gasteiger partial charge in [-0.3, -0.25) is 4.90 Å². The van der Waals surface area contributed by atoms with Gasteiger partial charge in [-0.1, -0.05) is 6.07 Å². The summed E-state index contributed by atoms with van der Waals surface area (Å²) in [5.74, 6) is 0.992. The van der Waals surface area contributed by atoms with Crippen LogP contribution in [-0.2, 0) is 13.0 Å². The molecule has 1 aromatic rings. The van der Waals surface area contributed by atoms with Crippen LogP contribution in [0, 0.1) is 0 Å². The lowest BCUT2D eigenvalue weighted by Gasteiger charge is -2.39. The maximum Gasteiger partial charge on any atom is 0.119 e. The third kappa shape index (κ3) is 2.77. The molecule has 1 aromatic carbocycles. The van der Waals surface area contributed by atoms with Crippen molar-refractivity contribution in [3.63, 3.8) is 0 Å². The van der Waals surface area contributed by atoms with Crippen LogP contribution in [0.4, 0.5) is 0 Å². The first kappa shape index (κ1) is 12.9. The molecule has 2 heterocycles.